The maximum Gasteiger partial charge on any atom is 0.197 e. The predicted molar refractivity (Wildman–Crippen MR) is 44.5 cm³/mol. The van der Waals surface area contributed by atoms with Crippen LogP contribution in [0.5, 0.6) is 0 Å². The summed E-state index contributed by atoms with van der Waals surface area (Å²) < 4.78 is 49.1. The summed E-state index contributed by atoms with van der Waals surface area (Å²) >= 11 is 0. The second kappa shape index (κ2) is 4.84. The Balaban J connectivity index is 0. The smallest absolute Gasteiger partial charge is 0.197 e. The van der Waals surface area contributed by atoms with E-state index in [-0.39, 0.29) is 6.99 Å². The molecule has 0 saturated carbocycles. The molecule has 0 heterocycles. The van der Waals surface area contributed by atoms with Gasteiger partial charge in [0.15, 0.2) is 23.3 Å². The standard InChI is InChI=1S/C7H4F4.C2H6.H2/c1-3-2-4(8)6(10)7(11)5(3)9;1-2;/h2H,1H3;1-2H3;1H. The van der Waals surface area contributed by atoms with E-state index in [1.165, 1.54) is 0 Å². The molecule has 0 aliphatic rings. The third-order valence-corrected chi connectivity index (χ3v) is 1.28. The molecule has 0 N–H and O–H groups in total. The maximum absolute atomic E-state index is 12.4. The first-order valence-corrected chi connectivity index (χ1v) is 3.83. The highest BCUT2D eigenvalue weighted by atomic mass is 19.2. The van der Waals surface area contributed by atoms with E-state index in [9.17, 15) is 17.6 Å². The summed E-state index contributed by atoms with van der Waals surface area (Å²) in [7, 11) is 0. The highest BCUT2D eigenvalue weighted by molar-refractivity contribution is 5.19. The lowest BCUT2D eigenvalue weighted by atomic mass is 10.2. The van der Waals surface area contributed by atoms with E-state index >= 15 is 0 Å². The molecule has 76 valence electrons. The van der Waals surface area contributed by atoms with Crippen molar-refractivity contribution in [1.82, 2.24) is 0 Å². The van der Waals surface area contributed by atoms with E-state index < -0.39 is 23.3 Å². The van der Waals surface area contributed by atoms with Crippen LogP contribution in [0.4, 0.5) is 17.6 Å². The molecule has 1 aromatic rings. The quantitative estimate of drug-likeness (QED) is 0.336. The van der Waals surface area contributed by atoms with Gasteiger partial charge < -0.3 is 0 Å². The van der Waals surface area contributed by atoms with Gasteiger partial charge in [-0.3, -0.25) is 0 Å². The Kier molecular flexibility index (Phi) is 4.45. The Morgan fingerprint density at radius 2 is 1.38 bits per heavy atom. The zero-order chi connectivity index (χ0) is 10.6. The lowest BCUT2D eigenvalue weighted by molar-refractivity contribution is 0.406. The summed E-state index contributed by atoms with van der Waals surface area (Å²) in [5, 5.41) is 0. The molecule has 1 rings (SSSR count). The van der Waals surface area contributed by atoms with Gasteiger partial charge in [0, 0.05) is 1.43 Å². The van der Waals surface area contributed by atoms with E-state index in [0.29, 0.717) is 6.07 Å². The average molecular weight is 196 g/mol. The predicted octanol–water partition coefficient (Wildman–Crippen LogP) is 3.82. The fourth-order valence-corrected chi connectivity index (χ4v) is 0.691. The highest BCUT2D eigenvalue weighted by Crippen LogP contribution is 2.17. The van der Waals surface area contributed by atoms with Crippen molar-refractivity contribution in [3.8, 4) is 0 Å². The lowest BCUT2D eigenvalue weighted by Crippen LogP contribution is -1.97. The Morgan fingerprint density at radius 1 is 0.923 bits per heavy atom. The molecule has 0 spiro atoms. The van der Waals surface area contributed by atoms with Crippen LogP contribution in [0.2, 0.25) is 0 Å². The zero-order valence-electron chi connectivity index (χ0n) is 7.59. The van der Waals surface area contributed by atoms with Gasteiger partial charge in [-0.2, -0.15) is 0 Å². The monoisotopic (exact) mass is 196 g/mol. The molecular weight excluding hydrogens is 184 g/mol. The fraction of sp³-hybridized carbons (Fsp3) is 0.333. The van der Waals surface area contributed by atoms with Crippen molar-refractivity contribution >= 4 is 0 Å². The van der Waals surface area contributed by atoms with Crippen molar-refractivity contribution < 1.29 is 19.0 Å². The Labute approximate surface area is 75.7 Å². The van der Waals surface area contributed by atoms with Crippen LogP contribution < -0.4 is 0 Å². The maximum atomic E-state index is 12.4. The number of hydrogen-bond donors (Lipinski definition) is 0. The summed E-state index contributed by atoms with van der Waals surface area (Å²) in [6.45, 7) is 5.15. The van der Waals surface area contributed by atoms with Crippen LogP contribution in [-0.4, -0.2) is 0 Å². The molecule has 0 aromatic heterocycles. The molecule has 0 unspecified atom stereocenters. The van der Waals surface area contributed by atoms with Gasteiger partial charge in [0.25, 0.3) is 0 Å². The van der Waals surface area contributed by atoms with Crippen molar-refractivity contribution in [1.29, 1.82) is 0 Å². The number of halogens is 4. The first-order valence-electron chi connectivity index (χ1n) is 3.83. The van der Waals surface area contributed by atoms with Crippen LogP contribution in [0.1, 0.15) is 20.8 Å². The Morgan fingerprint density at radius 3 is 1.85 bits per heavy atom. The van der Waals surface area contributed by atoms with Gasteiger partial charge in [-0.25, -0.2) is 17.6 Å². The highest BCUT2D eigenvalue weighted by Gasteiger charge is 2.15. The van der Waals surface area contributed by atoms with Gasteiger partial charge in [0.1, 0.15) is 0 Å². The molecule has 4 heteroatoms. The van der Waals surface area contributed by atoms with E-state index in [2.05, 4.69) is 0 Å². The second-order valence-corrected chi connectivity index (χ2v) is 2.12. The fourth-order valence-electron chi connectivity index (χ4n) is 0.691. The topological polar surface area (TPSA) is 0 Å². The Bertz CT molecular complexity index is 273. The van der Waals surface area contributed by atoms with Crippen LogP contribution in [0.15, 0.2) is 6.07 Å². The van der Waals surface area contributed by atoms with Crippen molar-refractivity contribution in [2.24, 2.45) is 0 Å². The van der Waals surface area contributed by atoms with Crippen LogP contribution >= 0.6 is 0 Å². The van der Waals surface area contributed by atoms with Crippen LogP contribution in [-0.2, 0) is 0 Å². The molecule has 0 atom stereocenters. The zero-order valence-corrected chi connectivity index (χ0v) is 7.59. The summed E-state index contributed by atoms with van der Waals surface area (Å²) in [6.07, 6.45) is 0. The van der Waals surface area contributed by atoms with Crippen molar-refractivity contribution in [3.63, 3.8) is 0 Å². The molecular formula is C9H12F4. The average Bonchev–Trinajstić information content (AvgIpc) is 2.15. The SMILES string of the molecule is CC.Cc1cc(F)c(F)c(F)c1F.[HH]. The minimum atomic E-state index is -1.77. The molecule has 0 nitrogen and oxygen atoms in total. The third kappa shape index (κ3) is 2.44. The van der Waals surface area contributed by atoms with Crippen molar-refractivity contribution in [2.75, 3.05) is 0 Å². The first kappa shape index (κ1) is 11.9. The molecule has 0 aliphatic carbocycles. The number of hydrogen-bond acceptors (Lipinski definition) is 0. The van der Waals surface area contributed by atoms with E-state index in [4.69, 9.17) is 0 Å². The minimum Gasteiger partial charge on any atom is -0.204 e. The van der Waals surface area contributed by atoms with Gasteiger partial charge in [-0.1, -0.05) is 13.8 Å². The molecule has 1 aromatic carbocycles. The Hall–Kier alpha value is -1.06. The molecule has 0 fully saturated rings. The third-order valence-electron chi connectivity index (χ3n) is 1.28. The van der Waals surface area contributed by atoms with Crippen LogP contribution in [0, 0.1) is 30.2 Å². The van der Waals surface area contributed by atoms with E-state index in [1.807, 2.05) is 13.8 Å². The van der Waals surface area contributed by atoms with Gasteiger partial charge in [0.2, 0.25) is 0 Å². The summed E-state index contributed by atoms with van der Waals surface area (Å²) in [6, 6.07) is 0.605. The van der Waals surface area contributed by atoms with Crippen LogP contribution in [0.25, 0.3) is 0 Å². The van der Waals surface area contributed by atoms with Gasteiger partial charge in [-0.05, 0) is 18.6 Å². The number of aryl methyl sites for hydroxylation is 1. The molecule has 0 radical (unpaired) electrons. The summed E-state index contributed by atoms with van der Waals surface area (Å²) in [4.78, 5) is 0. The largest absolute Gasteiger partial charge is 0.204 e. The second-order valence-electron chi connectivity index (χ2n) is 2.12. The van der Waals surface area contributed by atoms with Crippen LogP contribution in [0.3, 0.4) is 0 Å². The molecule has 0 aliphatic heterocycles. The number of rotatable bonds is 0. The summed E-state index contributed by atoms with van der Waals surface area (Å²) in [5.74, 6) is -6.25. The molecule has 0 bridgehead atoms. The van der Waals surface area contributed by atoms with E-state index in [1.54, 1.807) is 0 Å². The molecule has 0 saturated heterocycles. The first-order chi connectivity index (χ1) is 6.04. The number of benzene rings is 1. The van der Waals surface area contributed by atoms with E-state index in [0.717, 1.165) is 6.92 Å². The molecule has 0 amide bonds. The normalized spacial score (nSPS) is 9.15. The van der Waals surface area contributed by atoms with Crippen molar-refractivity contribution in [3.05, 3.63) is 34.9 Å². The molecule has 13 heavy (non-hydrogen) atoms. The summed E-state index contributed by atoms with van der Waals surface area (Å²) in [5.41, 5.74) is -0.249. The van der Waals surface area contributed by atoms with Gasteiger partial charge in [0.05, 0.1) is 0 Å². The van der Waals surface area contributed by atoms with Gasteiger partial charge >= 0.3 is 0 Å². The van der Waals surface area contributed by atoms with Gasteiger partial charge in [-0.15, -0.1) is 0 Å². The minimum absolute atomic E-state index is 0. The van der Waals surface area contributed by atoms with Crippen molar-refractivity contribution in [2.45, 2.75) is 20.8 Å². The lowest BCUT2D eigenvalue weighted by Gasteiger charge is -1.99.